The lowest BCUT2D eigenvalue weighted by Gasteiger charge is -2.60. The molecule has 0 aromatic heterocycles. The molecule has 0 amide bonds. The normalized spacial score (nSPS) is 48.2. The first-order chi connectivity index (χ1) is 14.1. The average molecular weight is 431 g/mol. The molecule has 4 saturated carbocycles. The molecule has 6 unspecified atom stereocenters. The molecule has 7 atom stereocenters. The molecular weight excluding hydrogens is 384 g/mol. The highest BCUT2D eigenvalue weighted by Crippen LogP contribution is 2.66. The van der Waals surface area contributed by atoms with Crippen molar-refractivity contribution in [2.45, 2.75) is 128 Å². The van der Waals surface area contributed by atoms with Gasteiger partial charge in [-0.1, -0.05) is 47.5 Å². The molecule has 5 aliphatic rings. The van der Waals surface area contributed by atoms with Gasteiger partial charge in [0, 0.05) is 17.9 Å². The first-order valence-corrected chi connectivity index (χ1v) is 15.6. The summed E-state index contributed by atoms with van der Waals surface area (Å²) in [6.45, 7) is 12.4. The topological polar surface area (TPSA) is 26.3 Å². The Balaban J connectivity index is 1.31. The fraction of sp³-hybridized carbons (Fsp3) is 0.963. The summed E-state index contributed by atoms with van der Waals surface area (Å²) in [5, 5.41) is 0.380. The highest BCUT2D eigenvalue weighted by atomic mass is 28.4. The van der Waals surface area contributed by atoms with Crippen LogP contribution in [0, 0.1) is 34.5 Å². The van der Waals surface area contributed by atoms with Crippen LogP contribution in [0.2, 0.25) is 17.1 Å². The smallest absolute Gasteiger partial charge is 0.198 e. The van der Waals surface area contributed by atoms with Crippen molar-refractivity contribution in [1.29, 1.82) is 0 Å². The van der Waals surface area contributed by atoms with Crippen molar-refractivity contribution in [3.05, 3.63) is 0 Å². The van der Waals surface area contributed by atoms with E-state index in [9.17, 15) is 4.79 Å². The minimum atomic E-state index is -1.61. The first kappa shape index (κ1) is 21.7. The zero-order valence-electron chi connectivity index (χ0n) is 20.4. The van der Waals surface area contributed by atoms with Gasteiger partial charge in [-0.3, -0.25) is 4.79 Å². The van der Waals surface area contributed by atoms with Gasteiger partial charge in [-0.05, 0) is 97.6 Å². The molecule has 3 heteroatoms. The van der Waals surface area contributed by atoms with E-state index in [1.54, 1.807) is 0 Å². The standard InChI is InChI=1S/C27H46O2Si/c1-25(2,3)30(16-6-7-17-30)29-20-12-14-26(4)19(18-20)8-9-21-22-10-11-24(28)27(22,5)15-13-23(21)26/h19-23H,6-18H2,1-5H3/t19?,20-,21?,22?,23?,26?,27?/m1/s1. The van der Waals surface area contributed by atoms with Crippen LogP contribution in [-0.2, 0) is 9.22 Å². The molecule has 0 bridgehead atoms. The van der Waals surface area contributed by atoms with Crippen LogP contribution < -0.4 is 0 Å². The lowest BCUT2D eigenvalue weighted by molar-refractivity contribution is -0.141. The molecule has 1 saturated heterocycles. The number of hydrogen-bond donors (Lipinski definition) is 0. The van der Waals surface area contributed by atoms with Gasteiger partial charge in [-0.25, -0.2) is 0 Å². The minimum Gasteiger partial charge on any atom is -0.413 e. The van der Waals surface area contributed by atoms with E-state index >= 15 is 0 Å². The summed E-state index contributed by atoms with van der Waals surface area (Å²) in [5.41, 5.74) is 0.527. The second kappa shape index (κ2) is 7.17. The second-order valence-electron chi connectivity index (χ2n) is 13.5. The van der Waals surface area contributed by atoms with Gasteiger partial charge in [-0.15, -0.1) is 0 Å². The summed E-state index contributed by atoms with van der Waals surface area (Å²) in [6, 6.07) is 2.79. The van der Waals surface area contributed by atoms with E-state index in [4.69, 9.17) is 4.43 Å². The summed E-state index contributed by atoms with van der Waals surface area (Å²) in [6.07, 6.45) is 14.6. The van der Waals surface area contributed by atoms with Crippen LogP contribution in [0.3, 0.4) is 0 Å². The third-order valence-electron chi connectivity index (χ3n) is 11.5. The van der Waals surface area contributed by atoms with Crippen LogP contribution in [0.1, 0.15) is 105 Å². The summed E-state index contributed by atoms with van der Waals surface area (Å²) in [4.78, 5) is 12.7. The van der Waals surface area contributed by atoms with Gasteiger partial charge < -0.3 is 4.43 Å². The van der Waals surface area contributed by atoms with Crippen LogP contribution in [-0.4, -0.2) is 20.2 Å². The third-order valence-corrected chi connectivity index (χ3v) is 17.3. The Hall–Kier alpha value is -0.153. The summed E-state index contributed by atoms with van der Waals surface area (Å²) >= 11 is 0. The van der Waals surface area contributed by atoms with E-state index in [0.29, 0.717) is 28.3 Å². The van der Waals surface area contributed by atoms with Crippen molar-refractivity contribution in [2.75, 3.05) is 0 Å². The maximum atomic E-state index is 12.7. The molecule has 1 heterocycles. The third kappa shape index (κ3) is 3.07. The molecule has 0 aromatic rings. The van der Waals surface area contributed by atoms with Crippen molar-refractivity contribution in [3.8, 4) is 0 Å². The van der Waals surface area contributed by atoms with Crippen LogP contribution in [0.4, 0.5) is 0 Å². The van der Waals surface area contributed by atoms with Crippen molar-refractivity contribution in [2.24, 2.45) is 34.5 Å². The Morgan fingerprint density at radius 2 is 1.67 bits per heavy atom. The molecule has 5 rings (SSSR count). The quantitative estimate of drug-likeness (QED) is 0.423. The Morgan fingerprint density at radius 3 is 2.37 bits per heavy atom. The molecule has 1 aliphatic heterocycles. The zero-order chi connectivity index (χ0) is 21.4. The van der Waals surface area contributed by atoms with Crippen molar-refractivity contribution < 1.29 is 9.22 Å². The van der Waals surface area contributed by atoms with Gasteiger partial charge in [0.2, 0.25) is 0 Å². The molecule has 4 aliphatic carbocycles. The number of Topliss-reactive ketones (excluding diaryl/α,β-unsaturated/α-hetero) is 1. The zero-order valence-corrected chi connectivity index (χ0v) is 21.4. The molecule has 0 radical (unpaired) electrons. The first-order valence-electron chi connectivity index (χ1n) is 13.3. The molecule has 2 nitrogen and oxygen atoms in total. The minimum absolute atomic E-state index is 0.0256. The largest absolute Gasteiger partial charge is 0.413 e. The number of fused-ring (bicyclic) bond motifs is 5. The van der Waals surface area contributed by atoms with E-state index in [2.05, 4.69) is 34.6 Å². The Bertz CT molecular complexity index is 689. The Morgan fingerprint density at radius 1 is 0.933 bits per heavy atom. The van der Waals surface area contributed by atoms with Crippen molar-refractivity contribution >= 4 is 14.1 Å². The number of rotatable bonds is 2. The molecule has 0 N–H and O–H groups in total. The van der Waals surface area contributed by atoms with Crippen molar-refractivity contribution in [3.63, 3.8) is 0 Å². The highest BCUT2D eigenvalue weighted by Gasteiger charge is 2.60. The van der Waals surface area contributed by atoms with Gasteiger partial charge in [-0.2, -0.15) is 0 Å². The van der Waals surface area contributed by atoms with Crippen LogP contribution in [0.15, 0.2) is 0 Å². The lowest BCUT2D eigenvalue weighted by Crippen LogP contribution is -2.55. The summed E-state index contributed by atoms with van der Waals surface area (Å²) in [5.74, 6) is 3.81. The highest BCUT2D eigenvalue weighted by molar-refractivity contribution is 6.77. The number of ketones is 1. The number of hydrogen-bond acceptors (Lipinski definition) is 2. The van der Waals surface area contributed by atoms with E-state index in [1.807, 2.05) is 0 Å². The van der Waals surface area contributed by atoms with Gasteiger partial charge in [0.05, 0.1) is 0 Å². The monoisotopic (exact) mass is 430 g/mol. The average Bonchev–Trinajstić information content (AvgIpc) is 3.27. The van der Waals surface area contributed by atoms with E-state index in [-0.39, 0.29) is 5.41 Å². The van der Waals surface area contributed by atoms with E-state index < -0.39 is 8.32 Å². The van der Waals surface area contributed by atoms with Crippen LogP contribution in [0.25, 0.3) is 0 Å². The van der Waals surface area contributed by atoms with Crippen molar-refractivity contribution in [1.82, 2.24) is 0 Å². The Kier molecular flexibility index (Phi) is 5.18. The molecule has 170 valence electrons. The van der Waals surface area contributed by atoms with Gasteiger partial charge in [0.25, 0.3) is 0 Å². The second-order valence-corrected chi connectivity index (χ2v) is 18.3. The fourth-order valence-electron chi connectivity index (χ4n) is 9.41. The number of carbonyl (C=O) groups is 1. The van der Waals surface area contributed by atoms with Gasteiger partial charge in [0.1, 0.15) is 5.78 Å². The SMILES string of the molecule is CC12CCC3C(CCC4C[C@H](O[Si]5(C(C)(C)C)CCCC5)CCC43C)C1CCC2=O. The van der Waals surface area contributed by atoms with Crippen LogP contribution in [0.5, 0.6) is 0 Å². The molecular formula is C27H46O2Si. The maximum Gasteiger partial charge on any atom is 0.198 e. The predicted octanol–water partition coefficient (Wildman–Crippen LogP) is 7.52. The summed E-state index contributed by atoms with van der Waals surface area (Å²) in [7, 11) is -1.61. The maximum absolute atomic E-state index is 12.7. The molecule has 5 fully saturated rings. The number of carbonyl (C=O) groups excluding carboxylic acids is 1. The van der Waals surface area contributed by atoms with E-state index in [1.165, 1.54) is 76.3 Å². The van der Waals surface area contributed by atoms with Gasteiger partial charge >= 0.3 is 0 Å². The molecule has 0 spiro atoms. The lowest BCUT2D eigenvalue weighted by atomic mass is 9.45. The van der Waals surface area contributed by atoms with Gasteiger partial charge in [0.15, 0.2) is 8.32 Å². The Labute approximate surface area is 186 Å². The summed E-state index contributed by atoms with van der Waals surface area (Å²) < 4.78 is 7.23. The predicted molar refractivity (Wildman–Crippen MR) is 126 cm³/mol. The van der Waals surface area contributed by atoms with E-state index in [0.717, 1.165) is 24.2 Å². The molecule has 0 aromatic carbocycles. The fourth-order valence-corrected chi connectivity index (χ4v) is 14.2. The van der Waals surface area contributed by atoms with Crippen LogP contribution >= 0.6 is 0 Å². The molecule has 30 heavy (non-hydrogen) atoms.